The molecule has 0 aliphatic heterocycles. The van der Waals surface area contributed by atoms with E-state index in [4.69, 9.17) is 13.8 Å². The first-order valence-electron chi connectivity index (χ1n) is 26.9. The lowest BCUT2D eigenvalue weighted by Gasteiger charge is -2.19. The molecule has 5 nitrogen and oxygen atoms in total. The van der Waals surface area contributed by atoms with Gasteiger partial charge in [-0.05, 0) is 157 Å². The van der Waals surface area contributed by atoms with Gasteiger partial charge < -0.3 is 8.83 Å². The molecule has 0 spiro atoms. The Balaban J connectivity index is 0.929. The monoisotopic (exact) mass is 1020 g/mol. The van der Waals surface area contributed by atoms with E-state index in [1.54, 1.807) is 0 Å². The number of furan rings is 2. The maximum Gasteiger partial charge on any atom is 0.161 e. The molecule has 0 unspecified atom stereocenters. The number of nitrogens with zero attached hydrogens (tertiary/aromatic N) is 3. The van der Waals surface area contributed by atoms with Crippen molar-refractivity contribution in [3.05, 3.63) is 286 Å². The molecule has 0 aliphatic rings. The zero-order valence-electron chi connectivity index (χ0n) is 43.3. The standard InChI is InChI=1S/C75H47N3O2/c1-3-17-59(57(15-1)48-27-31-50(32-28-48)69-23-11-13-40-76-69)54-43-55(60-18-4-2-16-58(60)49-29-33-51(34-30-49)70-24-12-14-41-77-70)45-56(44-54)61-19-5-6-20-62(61)63-37-36-53(74-75-67(39-42-78-74)65-22-8-10-26-72(65)80-75)46-68(63)52-35-38-66-64-21-7-9-25-71(64)79-73(66)47-52/h1-47H. The fraction of sp³-hybridized carbons (Fsp3) is 0. The molecule has 5 heteroatoms. The Morgan fingerprint density at radius 3 is 1.20 bits per heavy atom. The van der Waals surface area contributed by atoms with Crippen LogP contribution in [-0.4, -0.2) is 15.0 Å². The number of hydrogen-bond acceptors (Lipinski definition) is 5. The van der Waals surface area contributed by atoms with Gasteiger partial charge >= 0.3 is 0 Å². The van der Waals surface area contributed by atoms with Crippen LogP contribution < -0.4 is 0 Å². The maximum absolute atomic E-state index is 6.60. The van der Waals surface area contributed by atoms with Crippen LogP contribution in [0.4, 0.5) is 0 Å². The van der Waals surface area contributed by atoms with Crippen molar-refractivity contribution in [1.29, 1.82) is 0 Å². The highest BCUT2D eigenvalue weighted by Gasteiger charge is 2.21. The van der Waals surface area contributed by atoms with Crippen LogP contribution in [0.25, 0.3) is 156 Å². The summed E-state index contributed by atoms with van der Waals surface area (Å²) in [7, 11) is 0. The summed E-state index contributed by atoms with van der Waals surface area (Å²) in [6.07, 6.45) is 5.57. The molecule has 0 saturated carbocycles. The third-order valence-corrected chi connectivity index (χ3v) is 15.5. The van der Waals surface area contributed by atoms with Gasteiger partial charge in [-0.2, -0.15) is 0 Å². The molecule has 15 rings (SSSR count). The predicted octanol–water partition coefficient (Wildman–Crippen LogP) is 20.3. The molecule has 80 heavy (non-hydrogen) atoms. The number of fused-ring (bicyclic) bond motifs is 6. The summed E-state index contributed by atoms with van der Waals surface area (Å²) in [6.45, 7) is 0. The normalized spacial score (nSPS) is 11.5. The fourth-order valence-electron chi connectivity index (χ4n) is 11.7. The molecule has 10 aromatic carbocycles. The van der Waals surface area contributed by atoms with Crippen molar-refractivity contribution in [2.24, 2.45) is 0 Å². The van der Waals surface area contributed by atoms with Crippen LogP contribution in [0.15, 0.2) is 294 Å². The Hall–Kier alpha value is -10.8. The van der Waals surface area contributed by atoms with Crippen LogP contribution in [0.3, 0.4) is 0 Å². The van der Waals surface area contributed by atoms with Crippen molar-refractivity contribution >= 4 is 43.9 Å². The number of hydrogen-bond donors (Lipinski definition) is 0. The van der Waals surface area contributed by atoms with E-state index in [2.05, 4.69) is 222 Å². The lowest BCUT2D eigenvalue weighted by Crippen LogP contribution is -1.94. The topological polar surface area (TPSA) is 65.0 Å². The highest BCUT2D eigenvalue weighted by molar-refractivity contribution is 6.10. The van der Waals surface area contributed by atoms with Gasteiger partial charge in [-0.3, -0.25) is 15.0 Å². The van der Waals surface area contributed by atoms with Crippen molar-refractivity contribution in [2.75, 3.05) is 0 Å². The van der Waals surface area contributed by atoms with Gasteiger partial charge in [0.15, 0.2) is 5.58 Å². The first-order chi connectivity index (χ1) is 39.6. The van der Waals surface area contributed by atoms with Gasteiger partial charge in [0.1, 0.15) is 22.4 Å². The Labute approximate surface area is 462 Å². The van der Waals surface area contributed by atoms with Crippen LogP contribution in [0.5, 0.6) is 0 Å². The average Bonchev–Trinajstić information content (AvgIpc) is 4.20. The second-order valence-electron chi connectivity index (χ2n) is 20.2. The summed E-state index contributed by atoms with van der Waals surface area (Å²) in [5, 5.41) is 4.27. The summed E-state index contributed by atoms with van der Waals surface area (Å²) in [6, 6.07) is 94.9. The van der Waals surface area contributed by atoms with E-state index in [9.17, 15) is 0 Å². The van der Waals surface area contributed by atoms with Gasteiger partial charge in [0.2, 0.25) is 0 Å². The third-order valence-electron chi connectivity index (χ3n) is 15.5. The molecule has 0 amide bonds. The molecule has 0 N–H and O–H groups in total. The second-order valence-corrected chi connectivity index (χ2v) is 20.2. The molecule has 0 fully saturated rings. The first-order valence-corrected chi connectivity index (χ1v) is 26.9. The summed E-state index contributed by atoms with van der Waals surface area (Å²) < 4.78 is 13.2. The van der Waals surface area contributed by atoms with Crippen LogP contribution in [0.2, 0.25) is 0 Å². The Morgan fingerprint density at radius 2 is 0.637 bits per heavy atom. The van der Waals surface area contributed by atoms with Crippen LogP contribution in [0, 0.1) is 0 Å². The van der Waals surface area contributed by atoms with E-state index in [-0.39, 0.29) is 0 Å². The van der Waals surface area contributed by atoms with Crippen molar-refractivity contribution in [1.82, 2.24) is 15.0 Å². The molecule has 374 valence electrons. The zero-order valence-corrected chi connectivity index (χ0v) is 43.3. The molecule has 0 aliphatic carbocycles. The molecule has 0 saturated heterocycles. The summed E-state index contributed by atoms with van der Waals surface area (Å²) in [5.74, 6) is 0. The van der Waals surface area contributed by atoms with Crippen molar-refractivity contribution in [2.45, 2.75) is 0 Å². The summed E-state index contributed by atoms with van der Waals surface area (Å²) >= 11 is 0. The summed E-state index contributed by atoms with van der Waals surface area (Å²) in [4.78, 5) is 14.3. The number of rotatable bonds is 10. The van der Waals surface area contributed by atoms with Crippen molar-refractivity contribution in [3.63, 3.8) is 0 Å². The number of para-hydroxylation sites is 2. The van der Waals surface area contributed by atoms with Gasteiger partial charge in [0.25, 0.3) is 0 Å². The molecular formula is C75H47N3O2. The zero-order chi connectivity index (χ0) is 52.9. The van der Waals surface area contributed by atoms with Gasteiger partial charge in [-0.15, -0.1) is 0 Å². The highest BCUT2D eigenvalue weighted by atomic mass is 16.3. The molecule has 5 heterocycles. The van der Waals surface area contributed by atoms with E-state index < -0.39 is 0 Å². The quantitative estimate of drug-likeness (QED) is 0.137. The number of benzene rings is 10. The minimum atomic E-state index is 0.763. The molecule has 5 aromatic heterocycles. The largest absolute Gasteiger partial charge is 0.456 e. The van der Waals surface area contributed by atoms with Crippen LogP contribution in [-0.2, 0) is 0 Å². The van der Waals surface area contributed by atoms with Gasteiger partial charge in [0, 0.05) is 56.8 Å². The van der Waals surface area contributed by atoms with E-state index in [1.807, 2.05) is 73.2 Å². The Bertz CT molecular complexity index is 4660. The lowest BCUT2D eigenvalue weighted by atomic mass is 9.84. The predicted molar refractivity (Wildman–Crippen MR) is 329 cm³/mol. The lowest BCUT2D eigenvalue weighted by molar-refractivity contribution is 0.668. The van der Waals surface area contributed by atoms with E-state index in [0.29, 0.717) is 0 Å². The SMILES string of the molecule is c1ccc(-c2ccc(-c3ccccc3-c3cc(-c4ccccc4-c4ccc(-c5ccccn5)cc4)cc(-c4ccccc4-c4ccc(-c5nccc6c5oc5ccccc56)cc4-c4ccc5c(c4)oc4ccccc45)c3)cc2)nc1. The highest BCUT2D eigenvalue weighted by Crippen LogP contribution is 2.46. The third kappa shape index (κ3) is 8.33. The summed E-state index contributed by atoms with van der Waals surface area (Å²) in [5.41, 5.74) is 24.5. The molecule has 0 radical (unpaired) electrons. The van der Waals surface area contributed by atoms with Crippen molar-refractivity contribution < 1.29 is 8.83 Å². The van der Waals surface area contributed by atoms with Gasteiger partial charge in [0.05, 0.1) is 11.4 Å². The smallest absolute Gasteiger partial charge is 0.161 e. The van der Waals surface area contributed by atoms with E-state index in [1.165, 1.54) is 0 Å². The molecule has 15 aromatic rings. The van der Waals surface area contributed by atoms with E-state index in [0.717, 1.165) is 156 Å². The van der Waals surface area contributed by atoms with Crippen LogP contribution >= 0.6 is 0 Å². The molecule has 0 bridgehead atoms. The number of pyridine rings is 3. The minimum absolute atomic E-state index is 0.763. The number of aromatic nitrogens is 3. The van der Waals surface area contributed by atoms with Crippen LogP contribution in [0.1, 0.15) is 0 Å². The maximum atomic E-state index is 6.60. The van der Waals surface area contributed by atoms with Gasteiger partial charge in [-0.1, -0.05) is 188 Å². The van der Waals surface area contributed by atoms with Gasteiger partial charge in [-0.25, -0.2) is 0 Å². The molecular weight excluding hydrogens is 975 g/mol. The molecule has 0 atom stereocenters. The van der Waals surface area contributed by atoms with Crippen molar-refractivity contribution in [3.8, 4) is 112 Å². The fourth-order valence-corrected chi connectivity index (χ4v) is 11.7. The Morgan fingerprint density at radius 1 is 0.212 bits per heavy atom. The first kappa shape index (κ1) is 46.5. The van der Waals surface area contributed by atoms with E-state index >= 15 is 0 Å². The minimum Gasteiger partial charge on any atom is -0.456 e. The average molecular weight is 1020 g/mol. The Kier molecular flexibility index (Phi) is 11.4. The second kappa shape index (κ2) is 19.7.